The van der Waals surface area contributed by atoms with Gasteiger partial charge >= 0.3 is 0 Å². The fourth-order valence-electron chi connectivity index (χ4n) is 1.86. The second-order valence-electron chi connectivity index (χ2n) is 4.22. The first kappa shape index (κ1) is 16.6. The Kier molecular flexibility index (Phi) is 6.91. The van der Waals surface area contributed by atoms with E-state index in [2.05, 4.69) is 6.92 Å². The maximum absolute atomic E-state index is 6.27. The van der Waals surface area contributed by atoms with Gasteiger partial charge in [0.15, 0.2) is 0 Å². The number of ether oxygens (including phenoxy) is 1. The van der Waals surface area contributed by atoms with Crippen molar-refractivity contribution >= 4 is 24.0 Å². The lowest BCUT2D eigenvalue weighted by atomic mass is 9.96. The van der Waals surface area contributed by atoms with Crippen molar-refractivity contribution in [3.05, 3.63) is 27.8 Å². The first-order chi connectivity index (χ1) is 7.47. The highest BCUT2D eigenvalue weighted by Crippen LogP contribution is 2.33. The van der Waals surface area contributed by atoms with Crippen LogP contribution in [0.4, 0.5) is 0 Å². The van der Waals surface area contributed by atoms with E-state index in [1.165, 1.54) is 11.1 Å². The number of halogens is 2. The van der Waals surface area contributed by atoms with Gasteiger partial charge in [-0.2, -0.15) is 0 Å². The number of hydrogen-bond acceptors (Lipinski definition) is 2. The van der Waals surface area contributed by atoms with Crippen LogP contribution in [0.3, 0.4) is 0 Å². The Morgan fingerprint density at radius 2 is 2.00 bits per heavy atom. The van der Waals surface area contributed by atoms with Gasteiger partial charge in [-0.25, -0.2) is 0 Å². The fourth-order valence-corrected chi connectivity index (χ4v) is 2.08. The van der Waals surface area contributed by atoms with Gasteiger partial charge in [0.25, 0.3) is 0 Å². The smallest absolute Gasteiger partial charge is 0.138 e. The molecule has 2 nitrogen and oxygen atoms in total. The minimum Gasteiger partial charge on any atom is -0.492 e. The number of nitrogens with two attached hydrogens (primary N) is 1. The van der Waals surface area contributed by atoms with E-state index < -0.39 is 0 Å². The Morgan fingerprint density at radius 3 is 2.47 bits per heavy atom. The minimum absolute atomic E-state index is 0. The van der Waals surface area contributed by atoms with Crippen LogP contribution in [0.2, 0.25) is 5.02 Å². The Morgan fingerprint density at radius 1 is 1.41 bits per heavy atom. The van der Waals surface area contributed by atoms with Gasteiger partial charge in [-0.3, -0.25) is 0 Å². The van der Waals surface area contributed by atoms with E-state index in [0.717, 1.165) is 17.7 Å². The van der Waals surface area contributed by atoms with Crippen LogP contribution < -0.4 is 10.5 Å². The van der Waals surface area contributed by atoms with Gasteiger partial charge in [0.1, 0.15) is 5.75 Å². The second kappa shape index (κ2) is 7.10. The summed E-state index contributed by atoms with van der Waals surface area (Å²) in [4.78, 5) is 0. The molecule has 1 rings (SSSR count). The molecular weight excluding hydrogens is 257 g/mol. The number of benzene rings is 1. The summed E-state index contributed by atoms with van der Waals surface area (Å²) in [5.74, 6) is 0.771. The molecule has 0 spiro atoms. The molecule has 0 heterocycles. The van der Waals surface area contributed by atoms with Gasteiger partial charge < -0.3 is 10.5 Å². The molecule has 17 heavy (non-hydrogen) atoms. The second-order valence-corrected chi connectivity index (χ2v) is 4.60. The van der Waals surface area contributed by atoms with Gasteiger partial charge in [-0.15, -0.1) is 12.4 Å². The zero-order valence-corrected chi connectivity index (χ0v) is 12.4. The van der Waals surface area contributed by atoms with E-state index in [1.54, 1.807) is 0 Å². The topological polar surface area (TPSA) is 35.2 Å². The molecule has 0 aliphatic heterocycles. The van der Waals surface area contributed by atoms with Crippen molar-refractivity contribution in [1.82, 2.24) is 0 Å². The van der Waals surface area contributed by atoms with Crippen LogP contribution in [0, 0.1) is 13.8 Å². The summed E-state index contributed by atoms with van der Waals surface area (Å²) < 4.78 is 5.50. The third-order valence-electron chi connectivity index (χ3n) is 2.65. The Bertz CT molecular complexity index is 378. The molecule has 0 bridgehead atoms. The maximum Gasteiger partial charge on any atom is 0.138 e. The molecule has 0 fully saturated rings. The normalized spacial score (nSPS) is 11.9. The molecule has 0 saturated carbocycles. The largest absolute Gasteiger partial charge is 0.492 e. The lowest BCUT2D eigenvalue weighted by Crippen LogP contribution is -2.19. The summed E-state index contributed by atoms with van der Waals surface area (Å²) in [5.41, 5.74) is 9.36. The van der Waals surface area contributed by atoms with Crippen molar-refractivity contribution in [1.29, 1.82) is 0 Å². The average Bonchev–Trinajstić information content (AvgIpc) is 2.21. The highest BCUT2D eigenvalue weighted by Gasteiger charge is 2.13. The summed E-state index contributed by atoms with van der Waals surface area (Å²) in [7, 11) is 0. The first-order valence-corrected chi connectivity index (χ1v) is 6.02. The van der Waals surface area contributed by atoms with E-state index in [4.69, 9.17) is 22.1 Å². The number of hydrogen-bond donors (Lipinski definition) is 1. The molecule has 0 aromatic heterocycles. The Labute approximate surface area is 115 Å². The highest BCUT2D eigenvalue weighted by molar-refractivity contribution is 6.33. The summed E-state index contributed by atoms with van der Waals surface area (Å²) >= 11 is 6.27. The Balaban J connectivity index is 0.00000256. The average molecular weight is 278 g/mol. The number of rotatable bonds is 4. The van der Waals surface area contributed by atoms with Gasteiger partial charge in [0.05, 0.1) is 11.6 Å². The molecule has 0 saturated heterocycles. The fraction of sp³-hybridized carbons (Fsp3) is 0.538. The quantitative estimate of drug-likeness (QED) is 0.912. The molecule has 1 aromatic rings. The molecule has 0 aliphatic carbocycles. The molecule has 0 aliphatic rings. The van der Waals surface area contributed by atoms with E-state index in [9.17, 15) is 0 Å². The summed E-state index contributed by atoms with van der Waals surface area (Å²) in [6.45, 7) is 8.68. The molecule has 0 radical (unpaired) electrons. The molecule has 4 heteroatoms. The molecule has 1 unspecified atom stereocenters. The molecule has 2 N–H and O–H groups in total. The van der Waals surface area contributed by atoms with Crippen molar-refractivity contribution in [2.45, 2.75) is 40.2 Å². The molecule has 1 atom stereocenters. The predicted molar refractivity (Wildman–Crippen MR) is 76.7 cm³/mol. The summed E-state index contributed by atoms with van der Waals surface area (Å²) in [6.07, 6.45) is 0.851. The van der Waals surface area contributed by atoms with Crippen LogP contribution in [-0.2, 0) is 6.42 Å². The van der Waals surface area contributed by atoms with Crippen molar-refractivity contribution < 1.29 is 4.74 Å². The van der Waals surface area contributed by atoms with Gasteiger partial charge in [0.2, 0.25) is 0 Å². The van der Waals surface area contributed by atoms with Crippen LogP contribution in [0.5, 0.6) is 5.75 Å². The summed E-state index contributed by atoms with van der Waals surface area (Å²) in [5, 5.41) is 0.711. The van der Waals surface area contributed by atoms with Crippen LogP contribution in [0.1, 0.15) is 30.5 Å². The lowest BCUT2D eigenvalue weighted by molar-refractivity contribution is 0.340. The zero-order valence-electron chi connectivity index (χ0n) is 10.8. The van der Waals surface area contributed by atoms with E-state index in [-0.39, 0.29) is 18.4 Å². The SMILES string of the molecule is CCOc1cc(C)c(CC(C)N)c(C)c1Cl.Cl. The minimum atomic E-state index is 0. The van der Waals surface area contributed by atoms with E-state index >= 15 is 0 Å². The highest BCUT2D eigenvalue weighted by atomic mass is 35.5. The maximum atomic E-state index is 6.27. The third-order valence-corrected chi connectivity index (χ3v) is 3.12. The van der Waals surface area contributed by atoms with Crippen LogP contribution in [0.15, 0.2) is 6.07 Å². The van der Waals surface area contributed by atoms with Crippen LogP contribution >= 0.6 is 24.0 Å². The van der Waals surface area contributed by atoms with Gasteiger partial charge in [-0.05, 0) is 56.9 Å². The van der Waals surface area contributed by atoms with Crippen molar-refractivity contribution in [2.24, 2.45) is 5.73 Å². The Hall–Kier alpha value is -0.440. The lowest BCUT2D eigenvalue weighted by Gasteiger charge is -2.16. The van der Waals surface area contributed by atoms with E-state index in [1.807, 2.05) is 26.8 Å². The molecule has 0 amide bonds. The van der Waals surface area contributed by atoms with Gasteiger partial charge in [0, 0.05) is 6.04 Å². The standard InChI is InChI=1S/C13H20ClNO.ClH/c1-5-16-12-6-8(2)11(7-9(3)15)10(4)13(12)14;/h6,9H,5,7,15H2,1-4H3;1H. The zero-order chi connectivity index (χ0) is 12.3. The van der Waals surface area contributed by atoms with Crippen molar-refractivity contribution in [3.8, 4) is 5.75 Å². The van der Waals surface area contributed by atoms with Crippen molar-refractivity contribution in [2.75, 3.05) is 6.61 Å². The predicted octanol–water partition coefficient (Wildman–Crippen LogP) is 3.67. The molecular formula is C13H21Cl2NO. The van der Waals surface area contributed by atoms with Crippen LogP contribution in [0.25, 0.3) is 0 Å². The van der Waals surface area contributed by atoms with Crippen molar-refractivity contribution in [3.63, 3.8) is 0 Å². The molecule has 98 valence electrons. The van der Waals surface area contributed by atoms with E-state index in [0.29, 0.717) is 11.6 Å². The summed E-state index contributed by atoms with van der Waals surface area (Å²) in [6, 6.07) is 2.14. The van der Waals surface area contributed by atoms with Crippen LogP contribution in [-0.4, -0.2) is 12.6 Å². The first-order valence-electron chi connectivity index (χ1n) is 5.64. The number of aryl methyl sites for hydroxylation is 1. The monoisotopic (exact) mass is 277 g/mol. The third kappa shape index (κ3) is 4.06. The van der Waals surface area contributed by atoms with Gasteiger partial charge in [-0.1, -0.05) is 11.6 Å². The molecule has 1 aromatic carbocycles.